The van der Waals surface area contributed by atoms with Gasteiger partial charge in [0.05, 0.1) is 17.8 Å². The van der Waals surface area contributed by atoms with Crippen LogP contribution in [0.1, 0.15) is 20.8 Å². The number of carbonyl (C=O) groups excluding carboxylic acids is 1. The maximum Gasteiger partial charge on any atom is 0.337 e. The fourth-order valence-electron chi connectivity index (χ4n) is 1.73. The Labute approximate surface area is 125 Å². The summed E-state index contributed by atoms with van der Waals surface area (Å²) in [5.74, 6) is -1.40. The topological polar surface area (TPSA) is 98.7 Å². The number of thiophene rings is 1. The number of hydrogen-bond acceptors (Lipinski definition) is 4. The van der Waals surface area contributed by atoms with E-state index in [9.17, 15) is 14.7 Å². The lowest BCUT2D eigenvalue weighted by molar-refractivity contribution is 0.0697. The van der Waals surface area contributed by atoms with Crippen LogP contribution >= 0.6 is 11.3 Å². The van der Waals surface area contributed by atoms with E-state index in [1.165, 1.54) is 23.5 Å². The van der Waals surface area contributed by atoms with Gasteiger partial charge in [0.1, 0.15) is 5.75 Å². The SMILES string of the molecule is Cc1ccsc1CNC(=O)Nc1ccc(O)cc1C(=O)O. The molecule has 1 aromatic carbocycles. The van der Waals surface area contributed by atoms with Crippen LogP contribution in [-0.4, -0.2) is 22.2 Å². The molecule has 4 N–H and O–H groups in total. The second-order valence-corrected chi connectivity index (χ2v) is 5.37. The number of benzene rings is 1. The van der Waals surface area contributed by atoms with Gasteiger partial charge in [-0.1, -0.05) is 0 Å². The normalized spacial score (nSPS) is 10.1. The summed E-state index contributed by atoms with van der Waals surface area (Å²) >= 11 is 1.54. The number of aromatic hydroxyl groups is 1. The van der Waals surface area contributed by atoms with E-state index in [-0.39, 0.29) is 17.0 Å². The van der Waals surface area contributed by atoms with Crippen molar-refractivity contribution in [2.45, 2.75) is 13.5 Å². The number of amides is 2. The van der Waals surface area contributed by atoms with Gasteiger partial charge in [0.15, 0.2) is 0 Å². The van der Waals surface area contributed by atoms with Crippen molar-refractivity contribution < 1.29 is 19.8 Å². The number of phenols is 1. The summed E-state index contributed by atoms with van der Waals surface area (Å²) in [4.78, 5) is 23.9. The Morgan fingerprint density at radius 2 is 2.05 bits per heavy atom. The van der Waals surface area contributed by atoms with Crippen molar-refractivity contribution in [3.05, 3.63) is 45.6 Å². The third kappa shape index (κ3) is 3.73. The minimum atomic E-state index is -1.23. The van der Waals surface area contributed by atoms with Crippen LogP contribution in [0.25, 0.3) is 0 Å². The Morgan fingerprint density at radius 1 is 1.29 bits per heavy atom. The molecule has 7 heteroatoms. The molecule has 2 aromatic rings. The maximum atomic E-state index is 11.8. The molecular formula is C14H14N2O4S. The molecule has 0 radical (unpaired) electrons. The van der Waals surface area contributed by atoms with Crippen LogP contribution in [-0.2, 0) is 6.54 Å². The van der Waals surface area contributed by atoms with Gasteiger partial charge in [-0.25, -0.2) is 9.59 Å². The second-order valence-electron chi connectivity index (χ2n) is 4.37. The Hall–Kier alpha value is -2.54. The fourth-order valence-corrected chi connectivity index (χ4v) is 2.58. The number of carboxylic acids is 1. The average molecular weight is 306 g/mol. The number of aryl methyl sites for hydroxylation is 1. The van der Waals surface area contributed by atoms with Gasteiger partial charge in [0.25, 0.3) is 0 Å². The van der Waals surface area contributed by atoms with Gasteiger partial charge in [-0.3, -0.25) is 0 Å². The van der Waals surface area contributed by atoms with Crippen LogP contribution in [0.3, 0.4) is 0 Å². The number of aromatic carboxylic acids is 1. The highest BCUT2D eigenvalue weighted by Crippen LogP contribution is 2.21. The maximum absolute atomic E-state index is 11.8. The summed E-state index contributed by atoms with van der Waals surface area (Å²) in [5, 5.41) is 25.4. The molecule has 0 fully saturated rings. The molecule has 21 heavy (non-hydrogen) atoms. The number of carboxylic acid groups (broad SMARTS) is 1. The van der Waals surface area contributed by atoms with Crippen LogP contribution in [0.15, 0.2) is 29.6 Å². The Morgan fingerprint density at radius 3 is 2.67 bits per heavy atom. The fraction of sp³-hybridized carbons (Fsp3) is 0.143. The lowest BCUT2D eigenvalue weighted by Gasteiger charge is -2.10. The summed E-state index contributed by atoms with van der Waals surface area (Å²) in [5.41, 5.74) is 1.05. The number of rotatable bonds is 4. The lowest BCUT2D eigenvalue weighted by Crippen LogP contribution is -2.28. The predicted octanol–water partition coefficient (Wildman–Crippen LogP) is 2.78. The molecule has 0 atom stereocenters. The van der Waals surface area contributed by atoms with Crippen molar-refractivity contribution in [3.8, 4) is 5.75 Å². The van der Waals surface area contributed by atoms with Gasteiger partial charge in [0, 0.05) is 4.88 Å². The van der Waals surface area contributed by atoms with Gasteiger partial charge in [-0.05, 0) is 42.1 Å². The summed E-state index contributed by atoms with van der Waals surface area (Å²) in [6.45, 7) is 2.32. The standard InChI is InChI=1S/C14H14N2O4S/c1-8-4-5-21-12(8)7-15-14(20)16-11-3-2-9(17)6-10(11)13(18)19/h2-6,17H,7H2,1H3,(H,18,19)(H2,15,16,20). The van der Waals surface area contributed by atoms with E-state index in [4.69, 9.17) is 5.11 Å². The van der Waals surface area contributed by atoms with Gasteiger partial charge in [0.2, 0.25) is 0 Å². The minimum Gasteiger partial charge on any atom is -0.508 e. The summed E-state index contributed by atoms with van der Waals surface area (Å²) < 4.78 is 0. The van der Waals surface area contributed by atoms with Crippen LogP contribution in [0.2, 0.25) is 0 Å². The van der Waals surface area contributed by atoms with Crippen molar-refractivity contribution >= 4 is 29.0 Å². The second kappa shape index (κ2) is 6.27. The van der Waals surface area contributed by atoms with E-state index in [1.807, 2.05) is 18.4 Å². The van der Waals surface area contributed by atoms with Gasteiger partial charge >= 0.3 is 12.0 Å². The molecule has 0 bridgehead atoms. The molecule has 0 aliphatic rings. The largest absolute Gasteiger partial charge is 0.508 e. The zero-order valence-corrected chi connectivity index (χ0v) is 12.0. The Balaban J connectivity index is 2.03. The van der Waals surface area contributed by atoms with E-state index in [1.54, 1.807) is 0 Å². The predicted molar refractivity (Wildman–Crippen MR) is 80.0 cm³/mol. The molecule has 0 spiro atoms. The highest BCUT2D eigenvalue weighted by molar-refractivity contribution is 7.10. The number of urea groups is 1. The molecule has 0 aliphatic heterocycles. The molecule has 6 nitrogen and oxygen atoms in total. The average Bonchev–Trinajstić information content (AvgIpc) is 2.84. The molecule has 2 amide bonds. The molecule has 1 heterocycles. The molecule has 0 saturated carbocycles. The highest BCUT2D eigenvalue weighted by atomic mass is 32.1. The van der Waals surface area contributed by atoms with Crippen molar-refractivity contribution in [1.82, 2.24) is 5.32 Å². The van der Waals surface area contributed by atoms with Gasteiger partial charge < -0.3 is 20.8 Å². The number of carbonyl (C=O) groups is 2. The molecule has 0 saturated heterocycles. The molecule has 0 aliphatic carbocycles. The van der Waals surface area contributed by atoms with E-state index in [0.717, 1.165) is 16.5 Å². The quantitative estimate of drug-likeness (QED) is 0.653. The number of hydrogen-bond donors (Lipinski definition) is 4. The van der Waals surface area contributed by atoms with Crippen LogP contribution in [0.4, 0.5) is 10.5 Å². The monoisotopic (exact) mass is 306 g/mol. The van der Waals surface area contributed by atoms with Crippen molar-refractivity contribution in [2.24, 2.45) is 0 Å². The summed E-state index contributed by atoms with van der Waals surface area (Å²) in [6, 6.07) is 5.19. The number of nitrogens with one attached hydrogen (secondary N) is 2. The van der Waals surface area contributed by atoms with E-state index >= 15 is 0 Å². The minimum absolute atomic E-state index is 0.126. The molecule has 2 rings (SSSR count). The smallest absolute Gasteiger partial charge is 0.337 e. The zero-order valence-electron chi connectivity index (χ0n) is 11.2. The van der Waals surface area contributed by atoms with Gasteiger partial charge in [-0.2, -0.15) is 0 Å². The first-order valence-corrected chi connectivity index (χ1v) is 6.99. The Kier molecular flexibility index (Phi) is 4.44. The molecular weight excluding hydrogens is 292 g/mol. The van der Waals surface area contributed by atoms with Crippen LogP contribution in [0.5, 0.6) is 5.75 Å². The third-order valence-electron chi connectivity index (χ3n) is 2.86. The number of phenolic OH excluding ortho intramolecular Hbond substituents is 1. The van der Waals surface area contributed by atoms with E-state index < -0.39 is 12.0 Å². The van der Waals surface area contributed by atoms with E-state index in [0.29, 0.717) is 6.54 Å². The molecule has 0 unspecified atom stereocenters. The molecule has 110 valence electrons. The van der Waals surface area contributed by atoms with Crippen LogP contribution in [0, 0.1) is 6.92 Å². The number of anilines is 1. The highest BCUT2D eigenvalue weighted by Gasteiger charge is 2.13. The lowest BCUT2D eigenvalue weighted by atomic mass is 10.1. The van der Waals surface area contributed by atoms with E-state index in [2.05, 4.69) is 10.6 Å². The van der Waals surface area contributed by atoms with Crippen molar-refractivity contribution in [3.63, 3.8) is 0 Å². The third-order valence-corrected chi connectivity index (χ3v) is 3.88. The first-order valence-electron chi connectivity index (χ1n) is 6.11. The first-order chi connectivity index (χ1) is 9.97. The van der Waals surface area contributed by atoms with Gasteiger partial charge in [-0.15, -0.1) is 11.3 Å². The molecule has 1 aromatic heterocycles. The summed E-state index contributed by atoms with van der Waals surface area (Å²) in [7, 11) is 0. The zero-order chi connectivity index (χ0) is 15.4. The van der Waals surface area contributed by atoms with Crippen molar-refractivity contribution in [1.29, 1.82) is 0 Å². The Bertz CT molecular complexity index is 681. The first kappa shape index (κ1) is 14.9. The summed E-state index contributed by atoms with van der Waals surface area (Å²) in [6.07, 6.45) is 0. The van der Waals surface area contributed by atoms with Crippen molar-refractivity contribution in [2.75, 3.05) is 5.32 Å². The van der Waals surface area contributed by atoms with Crippen LogP contribution < -0.4 is 10.6 Å².